The third-order valence-electron chi connectivity index (χ3n) is 5.74. The summed E-state index contributed by atoms with van der Waals surface area (Å²) in [5, 5.41) is 12.2. The highest BCUT2D eigenvalue weighted by atomic mass is 16.3. The highest BCUT2D eigenvalue weighted by Crippen LogP contribution is 2.29. The lowest BCUT2D eigenvalue weighted by Crippen LogP contribution is -2.41. The van der Waals surface area contributed by atoms with Gasteiger partial charge in [-0.2, -0.15) is 0 Å². The van der Waals surface area contributed by atoms with Crippen molar-refractivity contribution in [3.8, 4) is 5.75 Å². The lowest BCUT2D eigenvalue weighted by atomic mass is 10.1. The lowest BCUT2D eigenvalue weighted by Gasteiger charge is -2.25. The van der Waals surface area contributed by atoms with Crippen LogP contribution in [0.5, 0.6) is 5.75 Å². The van der Waals surface area contributed by atoms with Gasteiger partial charge in [-0.25, -0.2) is 4.79 Å². The number of phenols is 1. The highest BCUT2D eigenvalue weighted by molar-refractivity contribution is 5.79. The van der Waals surface area contributed by atoms with Crippen LogP contribution in [0.3, 0.4) is 0 Å². The van der Waals surface area contributed by atoms with E-state index in [9.17, 15) is 14.7 Å². The first-order valence-corrected chi connectivity index (χ1v) is 10.1. The van der Waals surface area contributed by atoms with Gasteiger partial charge < -0.3 is 20.2 Å². The molecule has 2 aliphatic rings. The van der Waals surface area contributed by atoms with Gasteiger partial charge in [0.1, 0.15) is 5.75 Å². The van der Waals surface area contributed by atoms with Crippen molar-refractivity contribution in [2.24, 2.45) is 5.92 Å². The summed E-state index contributed by atoms with van der Waals surface area (Å²) >= 11 is 0. The topological polar surface area (TPSA) is 72.9 Å². The zero-order valence-electron chi connectivity index (χ0n) is 16.2. The Morgan fingerprint density at radius 1 is 1.26 bits per heavy atom. The molecular formula is C21H31N3O3. The second-order valence-corrected chi connectivity index (χ2v) is 7.94. The number of nitrogens with zero attached hydrogens (tertiary/aromatic N) is 2. The van der Waals surface area contributed by atoms with Crippen LogP contribution in [-0.4, -0.2) is 59.6 Å². The van der Waals surface area contributed by atoms with Gasteiger partial charge in [0.05, 0.1) is 0 Å². The van der Waals surface area contributed by atoms with Crippen LogP contribution < -0.4 is 5.32 Å². The Morgan fingerprint density at radius 3 is 2.67 bits per heavy atom. The fourth-order valence-electron chi connectivity index (χ4n) is 4.26. The Morgan fingerprint density at radius 2 is 1.96 bits per heavy atom. The maximum absolute atomic E-state index is 12.3. The van der Waals surface area contributed by atoms with E-state index in [1.165, 1.54) is 12.8 Å². The minimum absolute atomic E-state index is 0.0764. The molecule has 148 valence electrons. The van der Waals surface area contributed by atoms with Crippen molar-refractivity contribution in [2.45, 2.75) is 51.0 Å². The van der Waals surface area contributed by atoms with Crippen LogP contribution in [-0.2, 0) is 11.2 Å². The molecule has 2 fully saturated rings. The third-order valence-corrected chi connectivity index (χ3v) is 5.74. The van der Waals surface area contributed by atoms with E-state index in [2.05, 4.69) is 10.2 Å². The molecule has 1 atom stereocenters. The molecule has 1 saturated carbocycles. The molecule has 6 heteroatoms. The van der Waals surface area contributed by atoms with Crippen molar-refractivity contribution in [3.63, 3.8) is 0 Å². The maximum Gasteiger partial charge on any atom is 0.317 e. The van der Waals surface area contributed by atoms with Crippen molar-refractivity contribution in [2.75, 3.05) is 26.7 Å². The van der Waals surface area contributed by atoms with Crippen LogP contribution >= 0.6 is 0 Å². The zero-order valence-corrected chi connectivity index (χ0v) is 16.2. The maximum atomic E-state index is 12.3. The minimum Gasteiger partial charge on any atom is -0.508 e. The number of aryl methyl sites for hydroxylation is 1. The Kier molecular flexibility index (Phi) is 6.58. The fourth-order valence-corrected chi connectivity index (χ4v) is 4.26. The number of benzene rings is 1. The number of amides is 3. The first-order chi connectivity index (χ1) is 13.0. The van der Waals surface area contributed by atoms with Crippen LogP contribution in [0.1, 0.15) is 44.1 Å². The van der Waals surface area contributed by atoms with Crippen molar-refractivity contribution in [1.29, 1.82) is 0 Å². The molecule has 3 amide bonds. The zero-order chi connectivity index (χ0) is 19.2. The number of hydrogen-bond donors (Lipinski definition) is 2. The fraction of sp³-hybridized carbons (Fsp3) is 0.619. The van der Waals surface area contributed by atoms with Crippen molar-refractivity contribution >= 4 is 11.9 Å². The molecule has 1 saturated heterocycles. The molecule has 0 unspecified atom stereocenters. The third kappa shape index (κ3) is 5.37. The highest BCUT2D eigenvalue weighted by Gasteiger charge is 2.36. The lowest BCUT2D eigenvalue weighted by molar-refractivity contribution is -0.129. The van der Waals surface area contributed by atoms with Gasteiger partial charge in [0.25, 0.3) is 0 Å². The first kappa shape index (κ1) is 19.5. The molecule has 1 aromatic carbocycles. The molecule has 1 heterocycles. The number of aromatic hydroxyl groups is 1. The molecular weight excluding hydrogens is 342 g/mol. The number of hydrogen-bond acceptors (Lipinski definition) is 3. The van der Waals surface area contributed by atoms with E-state index in [1.54, 1.807) is 24.1 Å². The van der Waals surface area contributed by atoms with E-state index in [0.29, 0.717) is 25.6 Å². The number of rotatable bonds is 7. The Balaban J connectivity index is 1.35. The monoisotopic (exact) mass is 373 g/mol. The average molecular weight is 373 g/mol. The van der Waals surface area contributed by atoms with Crippen molar-refractivity contribution < 1.29 is 14.7 Å². The van der Waals surface area contributed by atoms with Gasteiger partial charge in [0, 0.05) is 45.1 Å². The van der Waals surface area contributed by atoms with Crippen molar-refractivity contribution in [1.82, 2.24) is 15.1 Å². The molecule has 1 aliphatic carbocycles. The average Bonchev–Trinajstić information content (AvgIpc) is 3.29. The van der Waals surface area contributed by atoms with E-state index < -0.39 is 0 Å². The molecule has 2 N–H and O–H groups in total. The van der Waals surface area contributed by atoms with Crippen LogP contribution in [0.15, 0.2) is 24.3 Å². The van der Waals surface area contributed by atoms with Gasteiger partial charge in [-0.15, -0.1) is 0 Å². The van der Waals surface area contributed by atoms with E-state index in [4.69, 9.17) is 0 Å². The Bertz CT molecular complexity index is 641. The largest absolute Gasteiger partial charge is 0.508 e. The summed E-state index contributed by atoms with van der Waals surface area (Å²) in [4.78, 5) is 28.3. The predicted molar refractivity (Wildman–Crippen MR) is 105 cm³/mol. The van der Waals surface area contributed by atoms with Gasteiger partial charge in [0.15, 0.2) is 0 Å². The van der Waals surface area contributed by atoms with Crippen LogP contribution in [0.25, 0.3) is 0 Å². The van der Waals surface area contributed by atoms with E-state index in [1.807, 2.05) is 12.1 Å². The summed E-state index contributed by atoms with van der Waals surface area (Å²) in [5.41, 5.74) is 1.15. The summed E-state index contributed by atoms with van der Waals surface area (Å²) in [6.07, 6.45) is 7.00. The number of carbonyl (C=O) groups excluding carboxylic acids is 2. The number of carbonyl (C=O) groups is 2. The second kappa shape index (κ2) is 9.11. The standard InChI is InChI=1S/C21H31N3O3/c1-23(14-17-13-20(26)24(15-17)18-6-2-3-7-18)21(27)22-12-4-5-16-8-10-19(25)11-9-16/h8-11,17-18,25H,2-7,12-15H2,1H3,(H,22,27)/t17-/m1/s1. The SMILES string of the molecule is CN(C[C@H]1CC(=O)N(C2CCCC2)C1)C(=O)NCCCc1ccc(O)cc1. The molecule has 0 radical (unpaired) electrons. The molecule has 27 heavy (non-hydrogen) atoms. The number of nitrogens with one attached hydrogen (secondary N) is 1. The molecule has 6 nitrogen and oxygen atoms in total. The van der Waals surface area contributed by atoms with Gasteiger partial charge in [-0.3, -0.25) is 4.79 Å². The van der Waals surface area contributed by atoms with Gasteiger partial charge in [-0.1, -0.05) is 25.0 Å². The molecule has 1 aliphatic heterocycles. The van der Waals surface area contributed by atoms with E-state index in [0.717, 1.165) is 37.8 Å². The van der Waals surface area contributed by atoms with Crippen LogP contribution in [0, 0.1) is 5.92 Å². The summed E-state index contributed by atoms with van der Waals surface area (Å²) < 4.78 is 0. The van der Waals surface area contributed by atoms with Gasteiger partial charge >= 0.3 is 6.03 Å². The normalized spacial score (nSPS) is 20.3. The smallest absolute Gasteiger partial charge is 0.317 e. The number of urea groups is 1. The van der Waals surface area contributed by atoms with Gasteiger partial charge in [0.2, 0.25) is 5.91 Å². The molecule has 1 aromatic rings. The second-order valence-electron chi connectivity index (χ2n) is 7.94. The predicted octanol–water partition coefficient (Wildman–Crippen LogP) is 2.76. The van der Waals surface area contributed by atoms with E-state index >= 15 is 0 Å². The summed E-state index contributed by atoms with van der Waals surface area (Å²) in [6, 6.07) is 7.51. The summed E-state index contributed by atoms with van der Waals surface area (Å²) in [5.74, 6) is 0.769. The quantitative estimate of drug-likeness (QED) is 0.722. The summed E-state index contributed by atoms with van der Waals surface area (Å²) in [6.45, 7) is 2.03. The van der Waals surface area contributed by atoms with Crippen LogP contribution in [0.4, 0.5) is 4.79 Å². The van der Waals surface area contributed by atoms with Crippen molar-refractivity contribution in [3.05, 3.63) is 29.8 Å². The van der Waals surface area contributed by atoms with Gasteiger partial charge in [-0.05, 0) is 43.4 Å². The molecule has 0 spiro atoms. The van der Waals surface area contributed by atoms with Crippen LogP contribution in [0.2, 0.25) is 0 Å². The molecule has 3 rings (SSSR count). The Hall–Kier alpha value is -2.24. The summed E-state index contributed by atoms with van der Waals surface area (Å²) in [7, 11) is 1.80. The van der Waals surface area contributed by atoms with E-state index in [-0.39, 0.29) is 23.6 Å². The molecule has 0 aromatic heterocycles. The molecule has 0 bridgehead atoms. The minimum atomic E-state index is -0.0764. The first-order valence-electron chi connectivity index (χ1n) is 10.1. The number of likely N-dealkylation sites (tertiary alicyclic amines) is 1. The number of phenolic OH excluding ortho intramolecular Hbond substituents is 1. The Labute approximate surface area is 161 Å².